The van der Waals surface area contributed by atoms with E-state index in [-0.39, 0.29) is 0 Å². The molecule has 3 nitrogen and oxygen atoms in total. The van der Waals surface area contributed by atoms with Crippen LogP contribution in [0.4, 0.5) is 11.5 Å². The van der Waals surface area contributed by atoms with E-state index in [2.05, 4.69) is 11.4 Å². The highest BCUT2D eigenvalue weighted by Gasteiger charge is 2.18. The number of hydrogen-bond acceptors (Lipinski definition) is 3. The number of rotatable bonds is 3. The molecule has 1 aliphatic rings. The van der Waals surface area contributed by atoms with Crippen molar-refractivity contribution in [1.29, 1.82) is 0 Å². The highest BCUT2D eigenvalue weighted by Crippen LogP contribution is 2.29. The number of anilines is 2. The molecule has 1 aromatic carbocycles. The van der Waals surface area contributed by atoms with Crippen LogP contribution in [0.2, 0.25) is 5.02 Å². The van der Waals surface area contributed by atoms with E-state index in [9.17, 15) is 0 Å². The Balaban J connectivity index is 2.05. The van der Waals surface area contributed by atoms with E-state index in [1.165, 1.54) is 5.56 Å². The van der Waals surface area contributed by atoms with Gasteiger partial charge in [-0.2, -0.15) is 0 Å². The minimum atomic E-state index is 0.361. The Labute approximate surface area is 134 Å². The fourth-order valence-corrected chi connectivity index (χ4v) is 2.94. The Morgan fingerprint density at radius 1 is 1.33 bits per heavy atom. The van der Waals surface area contributed by atoms with Gasteiger partial charge in [0.1, 0.15) is 10.8 Å². The molecule has 0 saturated carbocycles. The fraction of sp³-hybridized carbons (Fsp3) is 0.250. The van der Waals surface area contributed by atoms with Crippen LogP contribution in [0.15, 0.2) is 24.3 Å². The number of nitrogens with one attached hydrogen (secondary N) is 1. The molecule has 0 amide bonds. The lowest BCUT2D eigenvalue weighted by Crippen LogP contribution is -2.14. The maximum absolute atomic E-state index is 6.07. The third kappa shape index (κ3) is 2.87. The molecule has 1 aliphatic carbocycles. The number of fused-ring (bicyclic) bond motifs is 1. The van der Waals surface area contributed by atoms with Gasteiger partial charge in [-0.3, -0.25) is 0 Å². The summed E-state index contributed by atoms with van der Waals surface area (Å²) in [6, 6.07) is 7.79. The van der Waals surface area contributed by atoms with Gasteiger partial charge < -0.3 is 11.1 Å². The lowest BCUT2D eigenvalue weighted by molar-refractivity contribution is 0.900. The molecule has 0 saturated heterocycles. The van der Waals surface area contributed by atoms with E-state index in [4.69, 9.17) is 34.5 Å². The zero-order chi connectivity index (χ0) is 15.0. The summed E-state index contributed by atoms with van der Waals surface area (Å²) in [6.45, 7) is 2.02. The SMILES string of the molecule is Cc1ccc(Cl)cc1Nc1nc2c(cc1C(N)=S)CCC2. The van der Waals surface area contributed by atoms with Crippen LogP contribution >= 0.6 is 23.8 Å². The third-order valence-electron chi connectivity index (χ3n) is 3.77. The molecular formula is C16H16ClN3S. The standard InChI is InChI=1S/C16H16ClN3S/c1-9-5-6-11(17)8-14(9)20-16-12(15(18)21)7-10-3-2-4-13(10)19-16/h5-8H,2-4H2,1H3,(H2,18,21)(H,19,20). The summed E-state index contributed by atoms with van der Waals surface area (Å²) in [7, 11) is 0. The van der Waals surface area contributed by atoms with E-state index in [1.807, 2.05) is 25.1 Å². The fourth-order valence-electron chi connectivity index (χ4n) is 2.61. The van der Waals surface area contributed by atoms with Crippen molar-refractivity contribution in [2.45, 2.75) is 26.2 Å². The summed E-state index contributed by atoms with van der Waals surface area (Å²) >= 11 is 11.2. The van der Waals surface area contributed by atoms with Gasteiger partial charge in [-0.1, -0.05) is 29.9 Å². The van der Waals surface area contributed by atoms with E-state index < -0.39 is 0 Å². The Hall–Kier alpha value is -1.65. The first-order chi connectivity index (χ1) is 10.0. The lowest BCUT2D eigenvalue weighted by Gasteiger charge is -2.14. The van der Waals surface area contributed by atoms with Crippen molar-refractivity contribution >= 4 is 40.3 Å². The summed E-state index contributed by atoms with van der Waals surface area (Å²) in [5.74, 6) is 0.716. The molecule has 0 spiro atoms. The Kier molecular flexibility index (Phi) is 3.83. The molecule has 1 aromatic heterocycles. The van der Waals surface area contributed by atoms with Gasteiger partial charge in [-0.05, 0) is 55.5 Å². The van der Waals surface area contributed by atoms with E-state index >= 15 is 0 Å². The van der Waals surface area contributed by atoms with Crippen LogP contribution in [-0.4, -0.2) is 9.97 Å². The van der Waals surface area contributed by atoms with Gasteiger partial charge in [-0.25, -0.2) is 4.98 Å². The van der Waals surface area contributed by atoms with Gasteiger partial charge in [0.05, 0.1) is 5.56 Å². The second-order valence-electron chi connectivity index (χ2n) is 5.29. The van der Waals surface area contributed by atoms with Gasteiger partial charge in [0.25, 0.3) is 0 Å². The van der Waals surface area contributed by atoms with Gasteiger partial charge in [0.2, 0.25) is 0 Å². The largest absolute Gasteiger partial charge is 0.389 e. The number of thiocarbonyl (C=S) groups is 1. The van der Waals surface area contributed by atoms with Crippen molar-refractivity contribution in [1.82, 2.24) is 4.98 Å². The molecule has 1 heterocycles. The molecule has 0 unspecified atom stereocenters. The van der Waals surface area contributed by atoms with Gasteiger partial charge in [0.15, 0.2) is 0 Å². The first-order valence-corrected chi connectivity index (χ1v) is 7.69. The van der Waals surface area contributed by atoms with Crippen LogP contribution in [-0.2, 0) is 12.8 Å². The second kappa shape index (κ2) is 5.62. The quantitative estimate of drug-likeness (QED) is 0.843. The van der Waals surface area contributed by atoms with Gasteiger partial charge >= 0.3 is 0 Å². The molecule has 0 bridgehead atoms. The monoisotopic (exact) mass is 317 g/mol. The molecule has 21 heavy (non-hydrogen) atoms. The molecule has 0 atom stereocenters. The highest BCUT2D eigenvalue weighted by atomic mass is 35.5. The minimum Gasteiger partial charge on any atom is -0.389 e. The Morgan fingerprint density at radius 3 is 2.90 bits per heavy atom. The van der Waals surface area contributed by atoms with E-state index in [1.54, 1.807) is 0 Å². The average molecular weight is 318 g/mol. The second-order valence-corrected chi connectivity index (χ2v) is 6.17. The zero-order valence-electron chi connectivity index (χ0n) is 11.7. The van der Waals surface area contributed by atoms with Crippen LogP contribution in [0.25, 0.3) is 0 Å². The number of pyridine rings is 1. The Bertz CT molecular complexity index is 728. The molecule has 2 aromatic rings. The molecule has 3 N–H and O–H groups in total. The summed E-state index contributed by atoms with van der Waals surface area (Å²) in [4.78, 5) is 5.08. The maximum Gasteiger partial charge on any atom is 0.140 e. The number of aromatic nitrogens is 1. The van der Waals surface area contributed by atoms with E-state index in [0.717, 1.165) is 41.8 Å². The van der Waals surface area contributed by atoms with Crippen molar-refractivity contribution in [3.8, 4) is 0 Å². The van der Waals surface area contributed by atoms with Gasteiger partial charge in [-0.15, -0.1) is 0 Å². The predicted molar refractivity (Wildman–Crippen MR) is 91.6 cm³/mol. The first kappa shape index (κ1) is 14.3. The maximum atomic E-state index is 6.07. The summed E-state index contributed by atoms with van der Waals surface area (Å²) in [5.41, 5.74) is 11.1. The van der Waals surface area contributed by atoms with Crippen LogP contribution in [0.3, 0.4) is 0 Å². The molecule has 0 fully saturated rings. The van der Waals surface area contributed by atoms with Crippen LogP contribution in [0.1, 0.15) is 28.8 Å². The molecule has 3 rings (SSSR count). The van der Waals surface area contributed by atoms with Crippen molar-refractivity contribution < 1.29 is 0 Å². The average Bonchev–Trinajstić information content (AvgIpc) is 2.89. The third-order valence-corrected chi connectivity index (χ3v) is 4.22. The molecule has 0 aliphatic heterocycles. The molecule has 0 radical (unpaired) electrons. The summed E-state index contributed by atoms with van der Waals surface area (Å²) in [6.07, 6.45) is 3.20. The van der Waals surface area contributed by atoms with Crippen molar-refractivity contribution in [2.24, 2.45) is 5.73 Å². The number of aryl methyl sites for hydroxylation is 3. The summed E-state index contributed by atoms with van der Waals surface area (Å²) in [5, 5.41) is 4.01. The molecule has 108 valence electrons. The smallest absolute Gasteiger partial charge is 0.140 e. The van der Waals surface area contributed by atoms with Crippen molar-refractivity contribution in [3.63, 3.8) is 0 Å². The van der Waals surface area contributed by atoms with Crippen molar-refractivity contribution in [2.75, 3.05) is 5.32 Å². The number of nitrogens with zero attached hydrogens (tertiary/aromatic N) is 1. The lowest BCUT2D eigenvalue weighted by atomic mass is 10.1. The van der Waals surface area contributed by atoms with Crippen molar-refractivity contribution in [3.05, 3.63) is 51.7 Å². The molecular weight excluding hydrogens is 302 g/mol. The number of halogens is 1. The summed E-state index contributed by atoms with van der Waals surface area (Å²) < 4.78 is 0. The highest BCUT2D eigenvalue weighted by molar-refractivity contribution is 7.80. The topological polar surface area (TPSA) is 50.9 Å². The molecule has 5 heteroatoms. The zero-order valence-corrected chi connectivity index (χ0v) is 13.3. The van der Waals surface area contributed by atoms with Crippen LogP contribution < -0.4 is 11.1 Å². The number of benzene rings is 1. The van der Waals surface area contributed by atoms with Crippen LogP contribution in [0, 0.1) is 6.92 Å². The number of nitrogens with two attached hydrogens (primary N) is 1. The first-order valence-electron chi connectivity index (χ1n) is 6.90. The predicted octanol–water partition coefficient (Wildman–Crippen LogP) is 3.91. The Morgan fingerprint density at radius 2 is 2.14 bits per heavy atom. The number of hydrogen-bond donors (Lipinski definition) is 2. The van der Waals surface area contributed by atoms with Crippen LogP contribution in [0.5, 0.6) is 0 Å². The van der Waals surface area contributed by atoms with Gasteiger partial charge in [0, 0.05) is 16.4 Å². The van der Waals surface area contributed by atoms with E-state index in [0.29, 0.717) is 15.8 Å². The minimum absolute atomic E-state index is 0.361. The normalized spacial score (nSPS) is 13.0.